The standard InChI is InChI=1S/C23H16Br2N2O2S/c24-19-11-15(13-26-27-23(28)21-9-4-10-30-21)12-20(25)22(19)29-14-17-7-3-6-16-5-1-2-8-18(16)17/h1-13H,14H2,(H,27,28)/b26-13+. The Balaban J connectivity index is 1.46. The highest BCUT2D eigenvalue weighted by atomic mass is 79.9. The van der Waals surface area contributed by atoms with Gasteiger partial charge in [-0.2, -0.15) is 5.10 Å². The molecule has 4 aromatic rings. The van der Waals surface area contributed by atoms with Gasteiger partial charge in [-0.05, 0) is 77.3 Å². The van der Waals surface area contributed by atoms with E-state index in [4.69, 9.17) is 4.74 Å². The molecule has 30 heavy (non-hydrogen) atoms. The number of ether oxygens (including phenoxy) is 1. The van der Waals surface area contributed by atoms with E-state index in [1.807, 2.05) is 41.8 Å². The molecule has 4 rings (SSSR count). The molecular weight excluding hydrogens is 528 g/mol. The third-order valence-electron chi connectivity index (χ3n) is 4.40. The van der Waals surface area contributed by atoms with Crippen molar-refractivity contribution in [2.45, 2.75) is 6.61 Å². The normalized spacial score (nSPS) is 11.1. The minimum atomic E-state index is -0.227. The Hall–Kier alpha value is -2.48. The second-order valence-corrected chi connectivity index (χ2v) is 9.07. The molecule has 7 heteroatoms. The molecule has 150 valence electrons. The van der Waals surface area contributed by atoms with Crippen molar-refractivity contribution in [1.29, 1.82) is 0 Å². The molecule has 1 heterocycles. The Labute approximate surface area is 194 Å². The van der Waals surface area contributed by atoms with Crippen LogP contribution >= 0.6 is 43.2 Å². The monoisotopic (exact) mass is 542 g/mol. The van der Waals surface area contributed by atoms with Crippen LogP contribution < -0.4 is 10.2 Å². The van der Waals surface area contributed by atoms with E-state index in [-0.39, 0.29) is 5.91 Å². The van der Waals surface area contributed by atoms with E-state index in [9.17, 15) is 4.79 Å². The highest BCUT2D eigenvalue weighted by molar-refractivity contribution is 9.11. The van der Waals surface area contributed by atoms with E-state index < -0.39 is 0 Å². The summed E-state index contributed by atoms with van der Waals surface area (Å²) in [6, 6.07) is 21.8. The average Bonchev–Trinajstić information content (AvgIpc) is 3.28. The van der Waals surface area contributed by atoms with Crippen LogP contribution in [0, 0.1) is 0 Å². The molecule has 0 spiro atoms. The van der Waals surface area contributed by atoms with Crippen molar-refractivity contribution in [2.24, 2.45) is 5.10 Å². The van der Waals surface area contributed by atoms with E-state index in [1.165, 1.54) is 22.1 Å². The predicted octanol–water partition coefficient (Wildman–Crippen LogP) is 6.77. The Kier molecular flexibility index (Phi) is 6.62. The van der Waals surface area contributed by atoms with Crippen molar-refractivity contribution in [2.75, 3.05) is 0 Å². The molecule has 1 amide bonds. The highest BCUT2D eigenvalue weighted by Gasteiger charge is 2.10. The number of fused-ring (bicyclic) bond motifs is 1. The fourth-order valence-electron chi connectivity index (χ4n) is 2.99. The first-order valence-electron chi connectivity index (χ1n) is 9.07. The van der Waals surface area contributed by atoms with Gasteiger partial charge in [-0.25, -0.2) is 5.43 Å². The molecule has 0 unspecified atom stereocenters. The zero-order chi connectivity index (χ0) is 20.9. The molecule has 3 aromatic carbocycles. The van der Waals surface area contributed by atoms with E-state index >= 15 is 0 Å². The lowest BCUT2D eigenvalue weighted by molar-refractivity contribution is 0.0959. The largest absolute Gasteiger partial charge is 0.487 e. The van der Waals surface area contributed by atoms with Crippen molar-refractivity contribution in [1.82, 2.24) is 5.43 Å². The second-order valence-electron chi connectivity index (χ2n) is 6.42. The quantitative estimate of drug-likeness (QED) is 0.215. The van der Waals surface area contributed by atoms with Crippen LogP contribution in [0.1, 0.15) is 20.8 Å². The maximum atomic E-state index is 11.9. The summed E-state index contributed by atoms with van der Waals surface area (Å²) in [4.78, 5) is 12.6. The molecule has 0 radical (unpaired) electrons. The Bertz CT molecular complexity index is 1190. The highest BCUT2D eigenvalue weighted by Crippen LogP contribution is 2.35. The lowest BCUT2D eigenvalue weighted by atomic mass is 10.1. The van der Waals surface area contributed by atoms with Gasteiger partial charge in [0, 0.05) is 0 Å². The molecule has 0 aliphatic heterocycles. The van der Waals surface area contributed by atoms with Gasteiger partial charge in [0.25, 0.3) is 5.91 Å². The maximum absolute atomic E-state index is 11.9. The number of hydrazone groups is 1. The molecule has 0 saturated heterocycles. The van der Waals surface area contributed by atoms with Gasteiger partial charge < -0.3 is 4.74 Å². The van der Waals surface area contributed by atoms with Crippen molar-refractivity contribution in [3.05, 3.63) is 97.1 Å². The van der Waals surface area contributed by atoms with Gasteiger partial charge in [0.05, 0.1) is 20.0 Å². The van der Waals surface area contributed by atoms with E-state index in [2.05, 4.69) is 66.7 Å². The van der Waals surface area contributed by atoms with Crippen LogP contribution in [0.2, 0.25) is 0 Å². The first-order chi connectivity index (χ1) is 14.6. The molecule has 0 saturated carbocycles. The molecule has 0 aliphatic rings. The summed E-state index contributed by atoms with van der Waals surface area (Å²) in [6.07, 6.45) is 1.59. The number of thiophene rings is 1. The Morgan fingerprint density at radius 3 is 2.57 bits per heavy atom. The first kappa shape index (κ1) is 20.8. The number of carbonyl (C=O) groups excluding carboxylic acids is 1. The fraction of sp³-hybridized carbons (Fsp3) is 0.0435. The summed E-state index contributed by atoms with van der Waals surface area (Å²) in [7, 11) is 0. The fourth-order valence-corrected chi connectivity index (χ4v) is 5.05. The zero-order valence-corrected chi connectivity index (χ0v) is 19.6. The van der Waals surface area contributed by atoms with Gasteiger partial charge in [-0.1, -0.05) is 48.5 Å². The number of nitrogens with one attached hydrogen (secondary N) is 1. The summed E-state index contributed by atoms with van der Waals surface area (Å²) in [5.74, 6) is 0.483. The maximum Gasteiger partial charge on any atom is 0.281 e. The Morgan fingerprint density at radius 2 is 1.80 bits per heavy atom. The lowest BCUT2D eigenvalue weighted by Crippen LogP contribution is -2.16. The number of hydrogen-bond acceptors (Lipinski definition) is 4. The van der Waals surface area contributed by atoms with Crippen LogP contribution in [-0.2, 0) is 6.61 Å². The second kappa shape index (κ2) is 9.55. The average molecular weight is 544 g/mol. The molecule has 0 aliphatic carbocycles. The van der Waals surface area contributed by atoms with Gasteiger partial charge in [0.2, 0.25) is 0 Å². The van der Waals surface area contributed by atoms with Crippen molar-refractivity contribution in [3.63, 3.8) is 0 Å². The summed E-state index contributed by atoms with van der Waals surface area (Å²) in [6.45, 7) is 0.447. The van der Waals surface area contributed by atoms with Gasteiger partial charge in [-0.3, -0.25) is 4.79 Å². The zero-order valence-electron chi connectivity index (χ0n) is 15.6. The molecule has 1 N–H and O–H groups in total. The van der Waals surface area contributed by atoms with Crippen molar-refractivity contribution >= 4 is 66.1 Å². The van der Waals surface area contributed by atoms with Crippen LogP contribution in [0.15, 0.2) is 86.2 Å². The van der Waals surface area contributed by atoms with Crippen LogP contribution in [0.3, 0.4) is 0 Å². The van der Waals surface area contributed by atoms with Crippen LogP contribution in [0.5, 0.6) is 5.75 Å². The van der Waals surface area contributed by atoms with Gasteiger partial charge in [-0.15, -0.1) is 11.3 Å². The lowest BCUT2D eigenvalue weighted by Gasteiger charge is -2.13. The number of nitrogens with zero attached hydrogens (tertiary/aromatic N) is 1. The Morgan fingerprint density at radius 1 is 1.03 bits per heavy atom. The number of rotatable bonds is 6. The molecular formula is C23H16Br2N2O2S. The summed E-state index contributed by atoms with van der Waals surface area (Å²) in [5.41, 5.74) is 4.47. The van der Waals surface area contributed by atoms with Crippen LogP contribution in [0.25, 0.3) is 10.8 Å². The number of halogens is 2. The minimum absolute atomic E-state index is 0.227. The van der Waals surface area contributed by atoms with Crippen molar-refractivity contribution < 1.29 is 9.53 Å². The van der Waals surface area contributed by atoms with Crippen LogP contribution in [-0.4, -0.2) is 12.1 Å². The number of benzene rings is 3. The molecule has 0 atom stereocenters. The minimum Gasteiger partial charge on any atom is -0.487 e. The van der Waals surface area contributed by atoms with Gasteiger partial charge in [0.15, 0.2) is 0 Å². The van der Waals surface area contributed by atoms with Crippen LogP contribution in [0.4, 0.5) is 0 Å². The molecule has 4 nitrogen and oxygen atoms in total. The third-order valence-corrected chi connectivity index (χ3v) is 6.44. The first-order valence-corrected chi connectivity index (χ1v) is 11.5. The molecule has 1 aromatic heterocycles. The number of carbonyl (C=O) groups is 1. The van der Waals surface area contributed by atoms with Crippen molar-refractivity contribution in [3.8, 4) is 5.75 Å². The van der Waals surface area contributed by atoms with E-state index in [1.54, 1.807) is 12.3 Å². The van der Waals surface area contributed by atoms with Gasteiger partial charge >= 0.3 is 0 Å². The molecule has 0 fully saturated rings. The third kappa shape index (κ3) is 4.80. The van der Waals surface area contributed by atoms with E-state index in [0.717, 1.165) is 20.1 Å². The summed E-state index contributed by atoms with van der Waals surface area (Å²) in [5, 5.41) is 8.25. The molecule has 0 bridgehead atoms. The SMILES string of the molecule is O=C(N/N=C/c1cc(Br)c(OCc2cccc3ccccc23)c(Br)c1)c1cccs1. The number of amides is 1. The topological polar surface area (TPSA) is 50.7 Å². The van der Waals surface area contributed by atoms with E-state index in [0.29, 0.717) is 17.2 Å². The smallest absolute Gasteiger partial charge is 0.281 e. The van der Waals surface area contributed by atoms with Gasteiger partial charge in [0.1, 0.15) is 12.4 Å². The summed E-state index contributed by atoms with van der Waals surface area (Å²) < 4.78 is 7.69. The number of hydrogen-bond donors (Lipinski definition) is 1. The summed E-state index contributed by atoms with van der Waals surface area (Å²) >= 11 is 8.51. The predicted molar refractivity (Wildman–Crippen MR) is 130 cm³/mol.